The van der Waals surface area contributed by atoms with Gasteiger partial charge in [-0.1, -0.05) is 35.9 Å². The normalized spacial score (nSPS) is 13.2. The molecule has 24 heavy (non-hydrogen) atoms. The van der Waals surface area contributed by atoms with Gasteiger partial charge in [-0.05, 0) is 69.9 Å². The summed E-state index contributed by atoms with van der Waals surface area (Å²) in [5.74, 6) is 0.654. The van der Waals surface area contributed by atoms with Crippen molar-refractivity contribution in [1.29, 1.82) is 0 Å². The fraction of sp³-hybridized carbons (Fsp3) is 0.381. The molecule has 0 saturated heterocycles. The van der Waals surface area contributed by atoms with Crippen LogP contribution in [0.1, 0.15) is 47.7 Å². The summed E-state index contributed by atoms with van der Waals surface area (Å²) in [7, 11) is 0. The maximum absolute atomic E-state index is 12.5. The van der Waals surface area contributed by atoms with Crippen LogP contribution < -0.4 is 10.1 Å². The van der Waals surface area contributed by atoms with Gasteiger partial charge in [-0.25, -0.2) is 0 Å². The van der Waals surface area contributed by atoms with E-state index in [9.17, 15) is 4.79 Å². The fourth-order valence-corrected chi connectivity index (χ4v) is 2.73. The molecule has 0 radical (unpaired) electrons. The van der Waals surface area contributed by atoms with E-state index >= 15 is 0 Å². The van der Waals surface area contributed by atoms with Crippen molar-refractivity contribution in [2.45, 2.75) is 53.7 Å². The lowest BCUT2D eigenvalue weighted by atomic mass is 10.00. The van der Waals surface area contributed by atoms with Crippen molar-refractivity contribution in [3.05, 3.63) is 64.2 Å². The number of carbonyl (C=O) groups is 1. The highest BCUT2D eigenvalue weighted by Gasteiger charge is 2.19. The molecule has 2 aromatic carbocycles. The minimum atomic E-state index is -0.543. The molecular formula is C21H27NO2. The van der Waals surface area contributed by atoms with E-state index in [4.69, 9.17) is 4.74 Å². The van der Waals surface area contributed by atoms with Gasteiger partial charge in [0.05, 0.1) is 6.04 Å². The molecule has 3 heteroatoms. The van der Waals surface area contributed by atoms with Crippen molar-refractivity contribution < 1.29 is 9.53 Å². The van der Waals surface area contributed by atoms with Gasteiger partial charge in [-0.15, -0.1) is 0 Å². The number of ether oxygens (including phenoxy) is 1. The van der Waals surface area contributed by atoms with Crippen LogP contribution >= 0.6 is 0 Å². The fourth-order valence-electron chi connectivity index (χ4n) is 2.73. The summed E-state index contributed by atoms with van der Waals surface area (Å²) in [6.07, 6.45) is -0.543. The number of amides is 1. The van der Waals surface area contributed by atoms with Crippen LogP contribution in [0.2, 0.25) is 0 Å². The van der Waals surface area contributed by atoms with Crippen molar-refractivity contribution >= 4 is 5.91 Å². The van der Waals surface area contributed by atoms with Gasteiger partial charge in [-0.2, -0.15) is 0 Å². The number of aryl methyl sites for hydroxylation is 3. The molecular weight excluding hydrogens is 298 g/mol. The third kappa shape index (κ3) is 4.16. The average molecular weight is 325 g/mol. The molecule has 0 fully saturated rings. The van der Waals surface area contributed by atoms with Crippen LogP contribution in [0.5, 0.6) is 5.75 Å². The molecule has 0 aliphatic rings. The van der Waals surface area contributed by atoms with Gasteiger partial charge in [0.25, 0.3) is 5.91 Å². The van der Waals surface area contributed by atoms with Crippen molar-refractivity contribution in [3.63, 3.8) is 0 Å². The van der Waals surface area contributed by atoms with Gasteiger partial charge < -0.3 is 10.1 Å². The Morgan fingerprint density at radius 2 is 1.71 bits per heavy atom. The minimum Gasteiger partial charge on any atom is -0.481 e. The summed E-state index contributed by atoms with van der Waals surface area (Å²) in [4.78, 5) is 12.5. The van der Waals surface area contributed by atoms with Crippen molar-refractivity contribution in [1.82, 2.24) is 5.32 Å². The molecule has 128 valence electrons. The van der Waals surface area contributed by atoms with Gasteiger partial charge in [0.2, 0.25) is 0 Å². The Morgan fingerprint density at radius 1 is 1.00 bits per heavy atom. The van der Waals surface area contributed by atoms with E-state index in [2.05, 4.69) is 37.4 Å². The summed E-state index contributed by atoms with van der Waals surface area (Å²) in [6.45, 7) is 12.0. The molecule has 3 nitrogen and oxygen atoms in total. The summed E-state index contributed by atoms with van der Waals surface area (Å²) in [5, 5.41) is 3.05. The van der Waals surface area contributed by atoms with Crippen LogP contribution in [0.25, 0.3) is 0 Å². The average Bonchev–Trinajstić information content (AvgIpc) is 2.53. The van der Waals surface area contributed by atoms with Crippen LogP contribution in [-0.2, 0) is 4.79 Å². The van der Waals surface area contributed by atoms with Crippen LogP contribution in [0, 0.1) is 27.7 Å². The zero-order chi connectivity index (χ0) is 17.9. The molecule has 1 amide bonds. The van der Waals surface area contributed by atoms with Gasteiger partial charge in [-0.3, -0.25) is 4.79 Å². The second-order valence-corrected chi connectivity index (χ2v) is 6.55. The zero-order valence-corrected chi connectivity index (χ0v) is 15.4. The van der Waals surface area contributed by atoms with Crippen LogP contribution in [0.4, 0.5) is 0 Å². The molecule has 2 rings (SSSR count). The van der Waals surface area contributed by atoms with E-state index in [0.717, 1.165) is 22.4 Å². The maximum Gasteiger partial charge on any atom is 0.261 e. The lowest BCUT2D eigenvalue weighted by molar-refractivity contribution is -0.127. The Labute approximate surface area is 145 Å². The Kier molecular flexibility index (Phi) is 5.66. The second-order valence-electron chi connectivity index (χ2n) is 6.55. The highest BCUT2D eigenvalue weighted by atomic mass is 16.5. The first-order valence-corrected chi connectivity index (χ1v) is 8.40. The molecule has 0 unspecified atom stereocenters. The highest BCUT2D eigenvalue weighted by Crippen LogP contribution is 2.23. The molecule has 2 atom stereocenters. The molecule has 1 N–H and O–H groups in total. The van der Waals surface area contributed by atoms with E-state index < -0.39 is 6.10 Å². The van der Waals surface area contributed by atoms with Crippen LogP contribution in [0.3, 0.4) is 0 Å². The Morgan fingerprint density at radius 3 is 2.42 bits per heavy atom. The van der Waals surface area contributed by atoms with Crippen LogP contribution in [0.15, 0.2) is 36.4 Å². The highest BCUT2D eigenvalue weighted by molar-refractivity contribution is 5.81. The number of nitrogens with one attached hydrogen (secondary N) is 1. The van der Waals surface area contributed by atoms with E-state index in [-0.39, 0.29) is 11.9 Å². The number of hydrogen-bond donors (Lipinski definition) is 1. The largest absolute Gasteiger partial charge is 0.481 e. The lowest BCUT2D eigenvalue weighted by Gasteiger charge is -2.21. The SMILES string of the molecule is Cc1ccc(C)c([C@H](C)NC(=O)[C@H](C)Oc2cccc(C)c2C)c1. The predicted molar refractivity (Wildman–Crippen MR) is 98.5 cm³/mol. The Bertz CT molecular complexity index is 737. The maximum atomic E-state index is 12.5. The first-order chi connectivity index (χ1) is 11.3. The van der Waals surface area contributed by atoms with E-state index in [1.54, 1.807) is 6.92 Å². The van der Waals surface area contributed by atoms with Gasteiger partial charge in [0.15, 0.2) is 6.10 Å². The predicted octanol–water partition coefficient (Wildman–Crippen LogP) is 4.56. The Hall–Kier alpha value is -2.29. The molecule has 0 bridgehead atoms. The molecule has 0 aromatic heterocycles. The van der Waals surface area contributed by atoms with Gasteiger partial charge in [0.1, 0.15) is 5.75 Å². The third-order valence-corrected chi connectivity index (χ3v) is 4.49. The third-order valence-electron chi connectivity index (χ3n) is 4.49. The van der Waals surface area contributed by atoms with Crippen molar-refractivity contribution in [2.24, 2.45) is 0 Å². The van der Waals surface area contributed by atoms with Crippen molar-refractivity contribution in [2.75, 3.05) is 0 Å². The monoisotopic (exact) mass is 325 g/mol. The summed E-state index contributed by atoms with van der Waals surface area (Å²) in [5.41, 5.74) is 5.73. The molecule has 0 aliphatic carbocycles. The smallest absolute Gasteiger partial charge is 0.261 e. The number of hydrogen-bond acceptors (Lipinski definition) is 2. The number of benzene rings is 2. The first-order valence-electron chi connectivity index (χ1n) is 8.40. The summed E-state index contributed by atoms with van der Waals surface area (Å²) < 4.78 is 5.87. The number of carbonyl (C=O) groups excluding carboxylic acids is 1. The minimum absolute atomic E-state index is 0.0537. The van der Waals surface area contributed by atoms with Crippen LogP contribution in [-0.4, -0.2) is 12.0 Å². The van der Waals surface area contributed by atoms with Gasteiger partial charge >= 0.3 is 0 Å². The zero-order valence-electron chi connectivity index (χ0n) is 15.4. The van der Waals surface area contributed by atoms with Crippen molar-refractivity contribution in [3.8, 4) is 5.75 Å². The molecule has 0 spiro atoms. The molecule has 2 aromatic rings. The van der Waals surface area contributed by atoms with Gasteiger partial charge in [0, 0.05) is 0 Å². The standard InChI is InChI=1S/C21H27NO2/c1-13-10-11-15(3)19(12-13)17(5)22-21(23)18(6)24-20-9-7-8-14(2)16(20)4/h7-12,17-18H,1-6H3,(H,22,23)/t17-,18-/m0/s1. The van der Waals surface area contributed by atoms with E-state index in [0.29, 0.717) is 0 Å². The Balaban J connectivity index is 2.06. The summed E-state index contributed by atoms with van der Waals surface area (Å²) >= 11 is 0. The van der Waals surface area contributed by atoms with E-state index in [1.807, 2.05) is 39.0 Å². The number of rotatable bonds is 5. The molecule has 0 saturated carbocycles. The second kappa shape index (κ2) is 7.52. The topological polar surface area (TPSA) is 38.3 Å². The lowest BCUT2D eigenvalue weighted by Crippen LogP contribution is -2.38. The quantitative estimate of drug-likeness (QED) is 0.875. The van der Waals surface area contributed by atoms with E-state index in [1.165, 1.54) is 11.1 Å². The molecule has 0 aliphatic heterocycles. The molecule has 0 heterocycles. The summed E-state index contributed by atoms with van der Waals surface area (Å²) in [6, 6.07) is 12.1. The first kappa shape index (κ1) is 18.1.